The molecule has 0 heterocycles. The maximum absolute atomic E-state index is 12.2. The summed E-state index contributed by atoms with van der Waals surface area (Å²) >= 11 is 0. The molecule has 5 heteroatoms. The van der Waals surface area contributed by atoms with E-state index in [1.807, 2.05) is 49.4 Å². The molecule has 0 spiro atoms. The van der Waals surface area contributed by atoms with Gasteiger partial charge >= 0.3 is 0 Å². The zero-order valence-electron chi connectivity index (χ0n) is 14.5. The highest BCUT2D eigenvalue weighted by molar-refractivity contribution is 5.78. The molecule has 0 radical (unpaired) electrons. The molecular weight excluding hydrogens is 318 g/mol. The average molecular weight is 341 g/mol. The highest BCUT2D eigenvalue weighted by Crippen LogP contribution is 2.44. The van der Waals surface area contributed by atoms with E-state index in [1.165, 1.54) is 0 Å². The number of hydrogen-bond acceptors (Lipinski definition) is 4. The quantitative estimate of drug-likeness (QED) is 0.801. The van der Waals surface area contributed by atoms with E-state index in [9.17, 15) is 4.79 Å². The van der Waals surface area contributed by atoms with Crippen molar-refractivity contribution in [3.8, 4) is 17.2 Å². The number of para-hydroxylation sites is 3. The third-order valence-electron chi connectivity index (χ3n) is 4.18. The average Bonchev–Trinajstić information content (AvgIpc) is 3.40. The lowest BCUT2D eigenvalue weighted by atomic mass is 10.1. The van der Waals surface area contributed by atoms with Crippen molar-refractivity contribution in [2.45, 2.75) is 25.3 Å². The maximum Gasteiger partial charge on any atom is 0.258 e. The van der Waals surface area contributed by atoms with Crippen LogP contribution in [0.15, 0.2) is 48.5 Å². The van der Waals surface area contributed by atoms with E-state index in [1.54, 1.807) is 13.2 Å². The lowest BCUT2D eigenvalue weighted by Crippen LogP contribution is -2.31. The molecule has 0 aliphatic heterocycles. The third kappa shape index (κ3) is 4.24. The van der Waals surface area contributed by atoms with Gasteiger partial charge in [0.25, 0.3) is 5.91 Å². The summed E-state index contributed by atoms with van der Waals surface area (Å²) in [6, 6.07) is 15.4. The molecule has 3 rings (SSSR count). The van der Waals surface area contributed by atoms with Crippen molar-refractivity contribution >= 4 is 5.91 Å². The van der Waals surface area contributed by atoms with Crippen molar-refractivity contribution in [1.82, 2.24) is 5.32 Å². The fourth-order valence-corrected chi connectivity index (χ4v) is 2.91. The minimum Gasteiger partial charge on any atom is -0.496 e. The summed E-state index contributed by atoms with van der Waals surface area (Å²) in [6.45, 7) is 2.43. The Bertz CT molecular complexity index is 731. The molecule has 0 saturated heterocycles. The predicted octanol–water partition coefficient (Wildman–Crippen LogP) is 3.15. The number of amides is 1. The van der Waals surface area contributed by atoms with Crippen molar-refractivity contribution in [2.24, 2.45) is 0 Å². The van der Waals surface area contributed by atoms with Gasteiger partial charge in [-0.2, -0.15) is 0 Å². The van der Waals surface area contributed by atoms with Crippen LogP contribution in [0, 0.1) is 0 Å². The number of benzene rings is 2. The van der Waals surface area contributed by atoms with E-state index >= 15 is 0 Å². The molecule has 1 fully saturated rings. The molecule has 132 valence electrons. The van der Waals surface area contributed by atoms with Gasteiger partial charge in [0.15, 0.2) is 18.1 Å². The zero-order chi connectivity index (χ0) is 17.6. The van der Waals surface area contributed by atoms with Gasteiger partial charge in [-0.05, 0) is 37.1 Å². The van der Waals surface area contributed by atoms with Crippen LogP contribution < -0.4 is 19.5 Å². The van der Waals surface area contributed by atoms with Crippen LogP contribution in [0.1, 0.15) is 24.8 Å². The van der Waals surface area contributed by atoms with Gasteiger partial charge in [-0.1, -0.05) is 30.3 Å². The lowest BCUT2D eigenvalue weighted by Gasteiger charge is -2.12. The van der Waals surface area contributed by atoms with E-state index in [2.05, 4.69) is 5.32 Å². The van der Waals surface area contributed by atoms with Crippen LogP contribution in [0.25, 0.3) is 0 Å². The number of carbonyl (C=O) groups is 1. The predicted molar refractivity (Wildman–Crippen MR) is 95.4 cm³/mol. The monoisotopic (exact) mass is 341 g/mol. The summed E-state index contributed by atoms with van der Waals surface area (Å²) in [5.41, 5.74) is 1.14. The molecule has 2 unspecified atom stereocenters. The summed E-state index contributed by atoms with van der Waals surface area (Å²) in [6.07, 6.45) is 0.918. The van der Waals surface area contributed by atoms with Crippen LogP contribution in [-0.4, -0.2) is 32.3 Å². The summed E-state index contributed by atoms with van der Waals surface area (Å²) in [7, 11) is 1.67. The van der Waals surface area contributed by atoms with Crippen LogP contribution in [-0.2, 0) is 4.79 Å². The zero-order valence-corrected chi connectivity index (χ0v) is 14.5. The summed E-state index contributed by atoms with van der Waals surface area (Å²) < 4.78 is 16.5. The third-order valence-corrected chi connectivity index (χ3v) is 4.18. The van der Waals surface area contributed by atoms with Gasteiger partial charge in [-0.15, -0.1) is 0 Å². The Balaban J connectivity index is 1.51. The fraction of sp³-hybridized carbons (Fsp3) is 0.350. The molecule has 5 nitrogen and oxygen atoms in total. The van der Waals surface area contributed by atoms with Gasteiger partial charge in [-0.25, -0.2) is 0 Å². The molecule has 1 saturated carbocycles. The maximum atomic E-state index is 12.2. The van der Waals surface area contributed by atoms with Crippen molar-refractivity contribution in [1.29, 1.82) is 0 Å². The van der Waals surface area contributed by atoms with Crippen LogP contribution in [0.5, 0.6) is 17.2 Å². The van der Waals surface area contributed by atoms with Gasteiger partial charge in [0, 0.05) is 12.0 Å². The SMILES string of the molecule is CCOc1ccccc1OCC(=O)NC1CC1c1ccccc1OC. The normalized spacial score (nSPS) is 18.3. The van der Waals surface area contributed by atoms with Gasteiger partial charge in [-0.3, -0.25) is 4.79 Å². The Morgan fingerprint density at radius 2 is 1.68 bits per heavy atom. The number of hydrogen-bond donors (Lipinski definition) is 1. The first kappa shape index (κ1) is 17.1. The Hall–Kier alpha value is -2.69. The summed E-state index contributed by atoms with van der Waals surface area (Å²) in [5.74, 6) is 2.27. The molecule has 25 heavy (non-hydrogen) atoms. The smallest absolute Gasteiger partial charge is 0.258 e. The van der Waals surface area contributed by atoms with Crippen molar-refractivity contribution < 1.29 is 19.0 Å². The molecule has 1 aliphatic rings. The Morgan fingerprint density at radius 3 is 2.36 bits per heavy atom. The summed E-state index contributed by atoms with van der Waals surface area (Å²) in [4.78, 5) is 12.2. The Kier molecular flexibility index (Phi) is 5.43. The second kappa shape index (κ2) is 7.92. The van der Waals surface area contributed by atoms with Crippen molar-refractivity contribution in [2.75, 3.05) is 20.3 Å². The largest absolute Gasteiger partial charge is 0.496 e. The number of methoxy groups -OCH3 is 1. The van der Waals surface area contributed by atoms with Crippen LogP contribution >= 0.6 is 0 Å². The summed E-state index contributed by atoms with van der Waals surface area (Å²) in [5, 5.41) is 3.02. The number of rotatable bonds is 8. The van der Waals surface area contributed by atoms with Gasteiger partial charge in [0.1, 0.15) is 5.75 Å². The van der Waals surface area contributed by atoms with Crippen molar-refractivity contribution in [3.63, 3.8) is 0 Å². The van der Waals surface area contributed by atoms with Crippen LogP contribution in [0.2, 0.25) is 0 Å². The minimum absolute atomic E-state index is 0.0285. The highest BCUT2D eigenvalue weighted by atomic mass is 16.5. The molecule has 1 aliphatic carbocycles. The standard InChI is InChI=1S/C20H23NO4/c1-3-24-18-10-6-7-11-19(18)25-13-20(22)21-16-12-15(16)14-8-4-5-9-17(14)23-2/h4-11,15-16H,3,12-13H2,1-2H3,(H,21,22). The second-order valence-corrected chi connectivity index (χ2v) is 5.93. The molecule has 2 aromatic rings. The van der Waals surface area contributed by atoms with Gasteiger partial charge in [0.2, 0.25) is 0 Å². The molecule has 2 atom stereocenters. The van der Waals surface area contributed by atoms with E-state index < -0.39 is 0 Å². The minimum atomic E-state index is -0.131. The molecule has 0 aromatic heterocycles. The molecule has 0 bridgehead atoms. The first-order chi connectivity index (χ1) is 12.2. The highest BCUT2D eigenvalue weighted by Gasteiger charge is 2.41. The second-order valence-electron chi connectivity index (χ2n) is 5.93. The first-order valence-corrected chi connectivity index (χ1v) is 8.49. The number of carbonyl (C=O) groups excluding carboxylic acids is 1. The van der Waals surface area contributed by atoms with Crippen LogP contribution in [0.4, 0.5) is 0 Å². The Labute approximate surface area is 147 Å². The molecule has 1 N–H and O–H groups in total. The van der Waals surface area contributed by atoms with Crippen molar-refractivity contribution in [3.05, 3.63) is 54.1 Å². The first-order valence-electron chi connectivity index (χ1n) is 8.49. The topological polar surface area (TPSA) is 56.8 Å². The van der Waals surface area contributed by atoms with E-state index in [4.69, 9.17) is 14.2 Å². The fourth-order valence-electron chi connectivity index (χ4n) is 2.91. The van der Waals surface area contributed by atoms with Gasteiger partial charge < -0.3 is 19.5 Å². The number of ether oxygens (including phenoxy) is 3. The van der Waals surface area contributed by atoms with E-state index in [0.29, 0.717) is 24.0 Å². The molecule has 2 aromatic carbocycles. The van der Waals surface area contributed by atoms with Gasteiger partial charge in [0.05, 0.1) is 13.7 Å². The molecule has 1 amide bonds. The Morgan fingerprint density at radius 1 is 1.04 bits per heavy atom. The van der Waals surface area contributed by atoms with E-state index in [0.717, 1.165) is 17.7 Å². The molecular formula is C20H23NO4. The number of nitrogens with one attached hydrogen (secondary N) is 1. The van der Waals surface area contributed by atoms with Crippen LogP contribution in [0.3, 0.4) is 0 Å². The lowest BCUT2D eigenvalue weighted by molar-refractivity contribution is -0.123. The van der Waals surface area contributed by atoms with E-state index in [-0.39, 0.29) is 18.6 Å².